The van der Waals surface area contributed by atoms with Crippen LogP contribution in [0.4, 0.5) is 0 Å². The standard InChI is InChI=1S/C20H39/c1-3-5-7-9-11-13-15-17-19-20-18-16-14-12-10-8-6-4-2/h17,19H,1,3-16,18,20H2,2H3/b19-17-. The Balaban J connectivity index is 3.01. The molecule has 0 aliphatic carbocycles. The van der Waals surface area contributed by atoms with Crippen LogP contribution in [-0.4, -0.2) is 0 Å². The molecule has 0 N–H and O–H groups in total. The van der Waals surface area contributed by atoms with Crippen LogP contribution in [0.2, 0.25) is 0 Å². The maximum atomic E-state index is 3.88. The molecule has 0 saturated carbocycles. The molecule has 0 saturated heterocycles. The Labute approximate surface area is 129 Å². The topological polar surface area (TPSA) is 0 Å². The summed E-state index contributed by atoms with van der Waals surface area (Å²) in [5.41, 5.74) is 0. The summed E-state index contributed by atoms with van der Waals surface area (Å²) in [6.45, 7) is 6.17. The summed E-state index contributed by atoms with van der Waals surface area (Å²) in [6, 6.07) is 0. The first kappa shape index (κ1) is 19.7. The zero-order valence-corrected chi connectivity index (χ0v) is 14.2. The fourth-order valence-corrected chi connectivity index (χ4v) is 2.60. The molecule has 0 aromatic heterocycles. The minimum atomic E-state index is 1.11. The van der Waals surface area contributed by atoms with Crippen molar-refractivity contribution in [1.29, 1.82) is 0 Å². The van der Waals surface area contributed by atoms with E-state index in [2.05, 4.69) is 26.0 Å². The van der Waals surface area contributed by atoms with Gasteiger partial charge in [-0.2, -0.15) is 0 Å². The van der Waals surface area contributed by atoms with E-state index in [4.69, 9.17) is 0 Å². The van der Waals surface area contributed by atoms with Gasteiger partial charge in [-0.3, -0.25) is 0 Å². The molecule has 1 radical (unpaired) electrons. The van der Waals surface area contributed by atoms with Crippen LogP contribution < -0.4 is 0 Å². The molecule has 20 heavy (non-hydrogen) atoms. The number of allylic oxidation sites excluding steroid dienone is 2. The fourth-order valence-electron chi connectivity index (χ4n) is 2.60. The zero-order chi connectivity index (χ0) is 14.7. The van der Waals surface area contributed by atoms with E-state index in [-0.39, 0.29) is 0 Å². The van der Waals surface area contributed by atoms with Crippen molar-refractivity contribution < 1.29 is 0 Å². The first-order valence-corrected chi connectivity index (χ1v) is 9.36. The van der Waals surface area contributed by atoms with E-state index < -0.39 is 0 Å². The fraction of sp³-hybridized carbons (Fsp3) is 0.850. The molecule has 0 aromatic rings. The van der Waals surface area contributed by atoms with Gasteiger partial charge >= 0.3 is 0 Å². The molecule has 0 aliphatic heterocycles. The van der Waals surface area contributed by atoms with Crippen molar-refractivity contribution in [3.05, 3.63) is 19.1 Å². The van der Waals surface area contributed by atoms with Crippen LogP contribution in [0.1, 0.15) is 110 Å². The van der Waals surface area contributed by atoms with Crippen LogP contribution in [0, 0.1) is 6.92 Å². The molecular formula is C20H39. The van der Waals surface area contributed by atoms with E-state index in [1.54, 1.807) is 0 Å². The third-order valence-corrected chi connectivity index (χ3v) is 4.01. The molecule has 0 nitrogen and oxygen atoms in total. The van der Waals surface area contributed by atoms with Crippen LogP contribution in [-0.2, 0) is 0 Å². The summed E-state index contributed by atoms with van der Waals surface area (Å²) in [5, 5.41) is 0. The van der Waals surface area contributed by atoms with Crippen LogP contribution in [0.5, 0.6) is 0 Å². The average Bonchev–Trinajstić information content (AvgIpc) is 2.47. The van der Waals surface area contributed by atoms with Crippen molar-refractivity contribution in [2.75, 3.05) is 0 Å². The van der Waals surface area contributed by atoms with Gasteiger partial charge in [0.2, 0.25) is 0 Å². The Morgan fingerprint density at radius 1 is 0.550 bits per heavy atom. The predicted molar refractivity (Wildman–Crippen MR) is 94.0 cm³/mol. The molecular weight excluding hydrogens is 240 g/mol. The van der Waals surface area contributed by atoms with E-state index >= 15 is 0 Å². The second-order valence-electron chi connectivity index (χ2n) is 6.14. The highest BCUT2D eigenvalue weighted by molar-refractivity contribution is 4.81. The van der Waals surface area contributed by atoms with Crippen molar-refractivity contribution in [3.8, 4) is 0 Å². The van der Waals surface area contributed by atoms with Gasteiger partial charge in [0.1, 0.15) is 0 Å². The molecule has 0 heterocycles. The van der Waals surface area contributed by atoms with Gasteiger partial charge in [0.25, 0.3) is 0 Å². The molecule has 0 bridgehead atoms. The number of hydrogen-bond acceptors (Lipinski definition) is 0. The van der Waals surface area contributed by atoms with E-state index in [1.165, 1.54) is 96.3 Å². The molecule has 0 unspecified atom stereocenters. The number of rotatable bonds is 16. The van der Waals surface area contributed by atoms with Gasteiger partial charge < -0.3 is 0 Å². The zero-order valence-electron chi connectivity index (χ0n) is 14.2. The molecule has 0 fully saturated rings. The first-order chi connectivity index (χ1) is 9.91. The van der Waals surface area contributed by atoms with Crippen LogP contribution >= 0.6 is 0 Å². The molecule has 0 amide bonds. The minimum Gasteiger partial charge on any atom is -0.0885 e. The summed E-state index contributed by atoms with van der Waals surface area (Å²) < 4.78 is 0. The lowest BCUT2D eigenvalue weighted by atomic mass is 10.1. The van der Waals surface area contributed by atoms with Crippen molar-refractivity contribution in [2.24, 2.45) is 0 Å². The number of unbranched alkanes of at least 4 members (excludes halogenated alkanes) is 14. The molecule has 0 atom stereocenters. The Bertz CT molecular complexity index is 180. The number of hydrogen-bond donors (Lipinski definition) is 0. The summed E-state index contributed by atoms with van der Waals surface area (Å²) in [7, 11) is 0. The van der Waals surface area contributed by atoms with Gasteiger partial charge in [0.15, 0.2) is 0 Å². The summed E-state index contributed by atoms with van der Waals surface area (Å²) in [5.74, 6) is 0. The monoisotopic (exact) mass is 279 g/mol. The van der Waals surface area contributed by atoms with E-state index in [9.17, 15) is 0 Å². The van der Waals surface area contributed by atoms with Crippen molar-refractivity contribution in [2.45, 2.75) is 110 Å². The maximum absolute atomic E-state index is 3.88. The van der Waals surface area contributed by atoms with Crippen LogP contribution in [0.3, 0.4) is 0 Å². The quantitative estimate of drug-likeness (QED) is 0.201. The summed E-state index contributed by atoms with van der Waals surface area (Å²) in [4.78, 5) is 0. The highest BCUT2D eigenvalue weighted by atomic mass is 14.0. The lowest BCUT2D eigenvalue weighted by molar-refractivity contribution is 0.577. The Morgan fingerprint density at radius 2 is 0.950 bits per heavy atom. The molecule has 0 heteroatoms. The van der Waals surface area contributed by atoms with E-state index in [1.807, 2.05) is 0 Å². The van der Waals surface area contributed by atoms with Gasteiger partial charge in [0.05, 0.1) is 0 Å². The van der Waals surface area contributed by atoms with E-state index in [0.717, 1.165) is 6.42 Å². The second kappa shape index (κ2) is 18.7. The van der Waals surface area contributed by atoms with Crippen LogP contribution in [0.15, 0.2) is 12.2 Å². The second-order valence-corrected chi connectivity index (χ2v) is 6.14. The van der Waals surface area contributed by atoms with Gasteiger partial charge in [-0.05, 0) is 25.7 Å². The van der Waals surface area contributed by atoms with Gasteiger partial charge in [-0.1, -0.05) is 103 Å². The highest BCUT2D eigenvalue weighted by Crippen LogP contribution is 2.10. The normalized spacial score (nSPS) is 11.5. The summed E-state index contributed by atoms with van der Waals surface area (Å²) >= 11 is 0. The van der Waals surface area contributed by atoms with Crippen molar-refractivity contribution in [3.63, 3.8) is 0 Å². The lowest BCUT2D eigenvalue weighted by Crippen LogP contribution is -1.80. The Kier molecular flexibility index (Phi) is 18.5. The third kappa shape index (κ3) is 17.7. The average molecular weight is 280 g/mol. The molecule has 0 rings (SSSR count). The minimum absolute atomic E-state index is 1.11. The molecule has 0 aromatic carbocycles. The van der Waals surface area contributed by atoms with Gasteiger partial charge in [-0.25, -0.2) is 0 Å². The van der Waals surface area contributed by atoms with Crippen LogP contribution in [0.25, 0.3) is 0 Å². The first-order valence-electron chi connectivity index (χ1n) is 9.36. The largest absolute Gasteiger partial charge is 0.0885 e. The Morgan fingerprint density at radius 3 is 1.40 bits per heavy atom. The van der Waals surface area contributed by atoms with Gasteiger partial charge in [-0.15, -0.1) is 0 Å². The van der Waals surface area contributed by atoms with Crippen molar-refractivity contribution in [1.82, 2.24) is 0 Å². The maximum Gasteiger partial charge on any atom is -0.0351 e. The Hall–Kier alpha value is -0.260. The molecule has 0 spiro atoms. The van der Waals surface area contributed by atoms with Gasteiger partial charge in [0, 0.05) is 0 Å². The van der Waals surface area contributed by atoms with E-state index in [0.29, 0.717) is 0 Å². The summed E-state index contributed by atoms with van der Waals surface area (Å²) in [6.07, 6.45) is 26.8. The lowest BCUT2D eigenvalue weighted by Gasteiger charge is -2.00. The molecule has 119 valence electrons. The third-order valence-electron chi connectivity index (χ3n) is 4.01. The van der Waals surface area contributed by atoms with Crippen molar-refractivity contribution >= 4 is 0 Å². The smallest absolute Gasteiger partial charge is 0.0351 e. The highest BCUT2D eigenvalue weighted by Gasteiger charge is 1.91. The predicted octanol–water partition coefficient (Wildman–Crippen LogP) is 7.64. The SMILES string of the molecule is [CH2]CCCCCCC/C=C\CCCCCCCCCC. The molecule has 0 aliphatic rings.